The minimum absolute atomic E-state index is 0.113. The maximum atomic E-state index is 10.1. The number of phenolic OH excluding ortho intramolecular Hbond substituents is 1. The first-order valence-electron chi connectivity index (χ1n) is 9.59. The van der Waals surface area contributed by atoms with Crippen molar-refractivity contribution in [3.05, 3.63) is 71.3 Å². The predicted octanol–water partition coefficient (Wildman–Crippen LogP) is 5.50. The molecule has 1 atom stereocenters. The van der Waals surface area contributed by atoms with Crippen molar-refractivity contribution in [1.29, 1.82) is 0 Å². The van der Waals surface area contributed by atoms with Crippen molar-refractivity contribution in [2.75, 3.05) is 0 Å². The standard InChI is InChI=1S/C23H27BO3/c1-4-17(9-12-23-19(16(2)3)13-14-24(26)27-23)15-18-10-11-22(25)21-8-6-5-7-20(18)21/h5-8,10-11,13,15,23,25-26H,2,4,9,12,14H2,1,3H3/b17-15+. The average Bonchev–Trinajstić information content (AvgIpc) is 2.67. The van der Waals surface area contributed by atoms with Crippen LogP contribution in [-0.2, 0) is 4.65 Å². The molecule has 2 aromatic rings. The average molecular weight is 362 g/mol. The van der Waals surface area contributed by atoms with E-state index in [4.69, 9.17) is 4.65 Å². The molecule has 1 unspecified atom stereocenters. The van der Waals surface area contributed by atoms with E-state index in [-0.39, 0.29) is 6.10 Å². The maximum absolute atomic E-state index is 10.1. The molecule has 0 aromatic heterocycles. The van der Waals surface area contributed by atoms with Gasteiger partial charge in [0.05, 0.1) is 6.10 Å². The molecule has 2 aromatic carbocycles. The zero-order chi connectivity index (χ0) is 19.4. The third kappa shape index (κ3) is 4.52. The second-order valence-corrected chi connectivity index (χ2v) is 7.17. The lowest BCUT2D eigenvalue weighted by Gasteiger charge is -2.27. The van der Waals surface area contributed by atoms with Crippen LogP contribution in [0.25, 0.3) is 16.8 Å². The maximum Gasteiger partial charge on any atom is 0.458 e. The number of phenols is 1. The van der Waals surface area contributed by atoms with Crippen molar-refractivity contribution in [3.8, 4) is 5.75 Å². The summed E-state index contributed by atoms with van der Waals surface area (Å²) < 4.78 is 5.76. The topological polar surface area (TPSA) is 49.7 Å². The molecular weight excluding hydrogens is 335 g/mol. The Kier molecular flexibility index (Phi) is 6.20. The quantitative estimate of drug-likeness (QED) is 0.667. The van der Waals surface area contributed by atoms with E-state index in [1.807, 2.05) is 43.3 Å². The zero-order valence-electron chi connectivity index (χ0n) is 16.1. The fourth-order valence-electron chi connectivity index (χ4n) is 3.67. The van der Waals surface area contributed by atoms with Crippen LogP contribution in [0.4, 0.5) is 0 Å². The van der Waals surface area contributed by atoms with Crippen LogP contribution in [0.15, 0.2) is 65.8 Å². The van der Waals surface area contributed by atoms with Gasteiger partial charge in [0.25, 0.3) is 0 Å². The monoisotopic (exact) mass is 362 g/mol. The van der Waals surface area contributed by atoms with Gasteiger partial charge in [-0.05, 0) is 48.8 Å². The molecule has 0 aliphatic carbocycles. The Bertz CT molecular complexity index is 898. The molecule has 3 rings (SSSR count). The number of fused-ring (bicyclic) bond motifs is 1. The molecule has 140 valence electrons. The molecule has 2 N–H and O–H groups in total. The van der Waals surface area contributed by atoms with E-state index in [0.717, 1.165) is 46.7 Å². The van der Waals surface area contributed by atoms with Gasteiger partial charge in [-0.25, -0.2) is 0 Å². The van der Waals surface area contributed by atoms with Crippen LogP contribution in [0.1, 0.15) is 38.7 Å². The number of rotatable bonds is 6. The molecule has 0 spiro atoms. The number of hydrogen-bond acceptors (Lipinski definition) is 3. The van der Waals surface area contributed by atoms with Crippen LogP contribution in [-0.4, -0.2) is 23.4 Å². The van der Waals surface area contributed by atoms with Crippen LogP contribution in [0.5, 0.6) is 5.75 Å². The summed E-state index contributed by atoms with van der Waals surface area (Å²) in [6, 6.07) is 11.6. The molecule has 27 heavy (non-hydrogen) atoms. The molecule has 1 heterocycles. The highest BCUT2D eigenvalue weighted by Gasteiger charge is 2.27. The summed E-state index contributed by atoms with van der Waals surface area (Å²) in [5.74, 6) is 0.307. The lowest BCUT2D eigenvalue weighted by atomic mass is 9.78. The molecule has 0 radical (unpaired) electrons. The van der Waals surface area contributed by atoms with Crippen molar-refractivity contribution in [2.45, 2.75) is 45.5 Å². The third-order valence-corrected chi connectivity index (χ3v) is 5.18. The lowest BCUT2D eigenvalue weighted by Crippen LogP contribution is -2.31. The highest BCUT2D eigenvalue weighted by molar-refractivity contribution is 6.43. The lowest BCUT2D eigenvalue weighted by molar-refractivity contribution is 0.183. The molecule has 0 bridgehead atoms. The van der Waals surface area contributed by atoms with Crippen LogP contribution in [0, 0.1) is 0 Å². The smallest absolute Gasteiger partial charge is 0.458 e. The van der Waals surface area contributed by atoms with Gasteiger partial charge in [0, 0.05) is 11.7 Å². The fourth-order valence-corrected chi connectivity index (χ4v) is 3.67. The molecule has 1 aliphatic heterocycles. The largest absolute Gasteiger partial charge is 0.507 e. The number of aromatic hydroxyl groups is 1. The van der Waals surface area contributed by atoms with E-state index in [1.165, 1.54) is 5.57 Å². The Hall–Kier alpha value is -2.30. The fraction of sp³-hybridized carbons (Fsp3) is 0.304. The molecule has 0 saturated carbocycles. The Labute approximate surface area is 161 Å². The van der Waals surface area contributed by atoms with Crippen LogP contribution in [0.3, 0.4) is 0 Å². The van der Waals surface area contributed by atoms with E-state index >= 15 is 0 Å². The van der Waals surface area contributed by atoms with E-state index in [0.29, 0.717) is 12.1 Å². The van der Waals surface area contributed by atoms with Gasteiger partial charge < -0.3 is 14.8 Å². The van der Waals surface area contributed by atoms with E-state index in [9.17, 15) is 10.1 Å². The highest BCUT2D eigenvalue weighted by atomic mass is 16.5. The molecule has 0 fully saturated rings. The van der Waals surface area contributed by atoms with E-state index < -0.39 is 7.12 Å². The van der Waals surface area contributed by atoms with Gasteiger partial charge in [0.15, 0.2) is 0 Å². The summed E-state index contributed by atoms with van der Waals surface area (Å²) in [5.41, 5.74) is 4.53. The van der Waals surface area contributed by atoms with Crippen LogP contribution < -0.4 is 0 Å². The van der Waals surface area contributed by atoms with Crippen LogP contribution >= 0.6 is 0 Å². The summed E-state index contributed by atoms with van der Waals surface area (Å²) in [6.07, 6.45) is 7.30. The molecule has 4 heteroatoms. The zero-order valence-corrected chi connectivity index (χ0v) is 16.1. The van der Waals surface area contributed by atoms with Gasteiger partial charge in [-0.1, -0.05) is 67.1 Å². The second kappa shape index (κ2) is 8.60. The van der Waals surface area contributed by atoms with Crippen LogP contribution in [0.2, 0.25) is 6.32 Å². The second-order valence-electron chi connectivity index (χ2n) is 7.17. The number of benzene rings is 2. The number of hydrogen-bond donors (Lipinski definition) is 2. The molecule has 3 nitrogen and oxygen atoms in total. The number of allylic oxidation sites excluding steroid dienone is 2. The van der Waals surface area contributed by atoms with Crippen molar-refractivity contribution in [1.82, 2.24) is 0 Å². The van der Waals surface area contributed by atoms with Gasteiger partial charge in [0.2, 0.25) is 0 Å². The van der Waals surface area contributed by atoms with Crippen molar-refractivity contribution in [2.24, 2.45) is 0 Å². The first-order chi connectivity index (χ1) is 13.0. The molecular formula is C23H27BO3. The predicted molar refractivity (Wildman–Crippen MR) is 114 cm³/mol. The summed E-state index contributed by atoms with van der Waals surface area (Å²) in [5, 5.41) is 21.9. The van der Waals surface area contributed by atoms with E-state index in [1.54, 1.807) is 6.07 Å². The SMILES string of the molecule is C=C(C)C1=CCB(O)OC1CC/C(=C/c1ccc(O)c2ccccc12)CC. The Morgan fingerprint density at radius 1 is 1.26 bits per heavy atom. The summed E-state index contributed by atoms with van der Waals surface area (Å²) in [6.45, 7) is 8.18. The normalized spacial score (nSPS) is 17.9. The van der Waals surface area contributed by atoms with E-state index in [2.05, 4.69) is 19.6 Å². The Morgan fingerprint density at radius 2 is 2.00 bits per heavy atom. The van der Waals surface area contributed by atoms with Crippen molar-refractivity contribution < 1.29 is 14.8 Å². The van der Waals surface area contributed by atoms with Gasteiger partial charge in [-0.15, -0.1) is 0 Å². The minimum Gasteiger partial charge on any atom is -0.507 e. The molecule has 1 aliphatic rings. The summed E-state index contributed by atoms with van der Waals surface area (Å²) in [4.78, 5) is 0. The minimum atomic E-state index is -0.729. The third-order valence-electron chi connectivity index (χ3n) is 5.18. The van der Waals surface area contributed by atoms with Gasteiger partial charge in [-0.3, -0.25) is 0 Å². The van der Waals surface area contributed by atoms with Gasteiger partial charge >= 0.3 is 7.12 Å². The summed E-state index contributed by atoms with van der Waals surface area (Å²) in [7, 11) is -0.729. The van der Waals surface area contributed by atoms with Gasteiger partial charge in [0.1, 0.15) is 5.75 Å². The summed E-state index contributed by atoms with van der Waals surface area (Å²) >= 11 is 0. The van der Waals surface area contributed by atoms with Crippen molar-refractivity contribution in [3.63, 3.8) is 0 Å². The first-order valence-corrected chi connectivity index (χ1v) is 9.59. The Morgan fingerprint density at radius 3 is 2.70 bits per heavy atom. The van der Waals surface area contributed by atoms with Gasteiger partial charge in [-0.2, -0.15) is 0 Å². The Balaban J connectivity index is 1.82. The van der Waals surface area contributed by atoms with Crippen molar-refractivity contribution >= 4 is 24.0 Å². The molecule has 0 saturated heterocycles. The highest BCUT2D eigenvalue weighted by Crippen LogP contribution is 2.31. The first kappa shape index (κ1) is 19.5. The molecule has 0 amide bonds.